The SMILES string of the molecule is CC(C)CN(CC(=O)Cc1ccccc1F)CC(C)C. The van der Waals surface area contributed by atoms with Crippen LogP contribution >= 0.6 is 0 Å². The summed E-state index contributed by atoms with van der Waals surface area (Å²) in [6.07, 6.45) is 0.180. The van der Waals surface area contributed by atoms with E-state index in [1.807, 2.05) is 0 Å². The van der Waals surface area contributed by atoms with E-state index >= 15 is 0 Å². The quantitative estimate of drug-likeness (QED) is 0.725. The third kappa shape index (κ3) is 6.29. The first-order valence-corrected chi connectivity index (χ1v) is 7.36. The summed E-state index contributed by atoms with van der Waals surface area (Å²) in [5.74, 6) is 0.835. The van der Waals surface area contributed by atoms with Gasteiger partial charge in [-0.2, -0.15) is 0 Å². The van der Waals surface area contributed by atoms with E-state index in [-0.39, 0.29) is 18.0 Å². The molecule has 3 heteroatoms. The largest absolute Gasteiger partial charge is 0.298 e. The molecule has 1 rings (SSSR count). The molecule has 0 aliphatic carbocycles. The molecule has 0 aliphatic heterocycles. The first-order chi connectivity index (χ1) is 9.38. The van der Waals surface area contributed by atoms with E-state index in [1.165, 1.54) is 6.07 Å². The number of carbonyl (C=O) groups is 1. The zero-order valence-electron chi connectivity index (χ0n) is 13.0. The molecule has 0 amide bonds. The predicted octanol–water partition coefficient (Wildman–Crippen LogP) is 3.55. The fourth-order valence-corrected chi connectivity index (χ4v) is 2.40. The first kappa shape index (κ1) is 16.8. The van der Waals surface area contributed by atoms with Crippen LogP contribution in [0.1, 0.15) is 33.3 Å². The second kappa shape index (κ2) is 8.15. The number of ketones is 1. The molecule has 0 atom stereocenters. The van der Waals surface area contributed by atoms with Gasteiger partial charge < -0.3 is 0 Å². The summed E-state index contributed by atoms with van der Waals surface area (Å²) >= 11 is 0. The van der Waals surface area contributed by atoms with E-state index in [9.17, 15) is 9.18 Å². The van der Waals surface area contributed by atoms with Crippen molar-refractivity contribution in [1.82, 2.24) is 4.90 Å². The minimum atomic E-state index is -0.292. The Morgan fingerprint density at radius 3 is 2.15 bits per heavy atom. The van der Waals surface area contributed by atoms with Crippen LogP contribution in [-0.4, -0.2) is 30.3 Å². The zero-order valence-corrected chi connectivity index (χ0v) is 13.0. The summed E-state index contributed by atoms with van der Waals surface area (Å²) in [6.45, 7) is 10.8. The van der Waals surface area contributed by atoms with Gasteiger partial charge in [0.2, 0.25) is 0 Å². The van der Waals surface area contributed by atoms with Crippen molar-refractivity contribution in [2.75, 3.05) is 19.6 Å². The van der Waals surface area contributed by atoms with E-state index in [4.69, 9.17) is 0 Å². The lowest BCUT2D eigenvalue weighted by molar-refractivity contribution is -0.119. The Labute approximate surface area is 122 Å². The molecule has 2 nitrogen and oxygen atoms in total. The molecule has 1 aromatic carbocycles. The van der Waals surface area contributed by atoms with Gasteiger partial charge in [-0.3, -0.25) is 9.69 Å². The molecule has 20 heavy (non-hydrogen) atoms. The van der Waals surface area contributed by atoms with Crippen LogP contribution in [0.25, 0.3) is 0 Å². The molecule has 0 heterocycles. The van der Waals surface area contributed by atoms with E-state index in [1.54, 1.807) is 18.2 Å². The van der Waals surface area contributed by atoms with Crippen LogP contribution in [0.2, 0.25) is 0 Å². The summed E-state index contributed by atoms with van der Waals surface area (Å²) in [6, 6.07) is 6.50. The summed E-state index contributed by atoms with van der Waals surface area (Å²) in [7, 11) is 0. The van der Waals surface area contributed by atoms with Gasteiger partial charge in [0.1, 0.15) is 5.82 Å². The Hall–Kier alpha value is -1.22. The number of halogens is 1. The van der Waals surface area contributed by atoms with Gasteiger partial charge in [0.25, 0.3) is 0 Å². The maximum absolute atomic E-state index is 13.5. The van der Waals surface area contributed by atoms with Gasteiger partial charge in [-0.25, -0.2) is 4.39 Å². The summed E-state index contributed by atoms with van der Waals surface area (Å²) in [5.41, 5.74) is 0.492. The highest BCUT2D eigenvalue weighted by Crippen LogP contribution is 2.09. The second-order valence-corrected chi connectivity index (χ2v) is 6.29. The molecule has 112 valence electrons. The Morgan fingerprint density at radius 2 is 1.65 bits per heavy atom. The topological polar surface area (TPSA) is 20.3 Å². The third-order valence-electron chi connectivity index (χ3n) is 2.99. The van der Waals surface area contributed by atoms with Gasteiger partial charge in [0, 0.05) is 19.5 Å². The predicted molar refractivity (Wildman–Crippen MR) is 81.2 cm³/mol. The highest BCUT2D eigenvalue weighted by molar-refractivity contribution is 5.82. The molecule has 0 fully saturated rings. The molecule has 0 saturated carbocycles. The molecular formula is C17H26FNO. The van der Waals surface area contributed by atoms with Crippen LogP contribution in [0.15, 0.2) is 24.3 Å². The van der Waals surface area contributed by atoms with Gasteiger partial charge in [0.05, 0.1) is 6.54 Å². The number of Topliss-reactive ketones (excluding diaryl/α,β-unsaturated/α-hetero) is 1. The maximum Gasteiger partial charge on any atom is 0.151 e. The molecule has 0 saturated heterocycles. The first-order valence-electron chi connectivity index (χ1n) is 7.36. The van der Waals surface area contributed by atoms with Crippen LogP contribution < -0.4 is 0 Å². The number of hydrogen-bond acceptors (Lipinski definition) is 2. The van der Waals surface area contributed by atoms with E-state index in [0.29, 0.717) is 23.9 Å². The summed E-state index contributed by atoms with van der Waals surface area (Å²) in [5, 5.41) is 0. The smallest absolute Gasteiger partial charge is 0.151 e. The molecule has 0 aliphatic rings. The standard InChI is InChI=1S/C17H26FNO/c1-13(2)10-19(11-14(3)4)12-16(20)9-15-7-5-6-8-17(15)18/h5-8,13-14H,9-12H2,1-4H3. The second-order valence-electron chi connectivity index (χ2n) is 6.29. The monoisotopic (exact) mass is 279 g/mol. The van der Waals surface area contributed by atoms with Crippen LogP contribution in [0.5, 0.6) is 0 Å². The van der Waals surface area contributed by atoms with Gasteiger partial charge in [-0.1, -0.05) is 45.9 Å². The highest BCUT2D eigenvalue weighted by atomic mass is 19.1. The lowest BCUT2D eigenvalue weighted by atomic mass is 10.1. The molecule has 0 unspecified atom stereocenters. The van der Waals surface area contributed by atoms with Crippen LogP contribution in [-0.2, 0) is 11.2 Å². The normalized spacial score (nSPS) is 11.6. The number of benzene rings is 1. The Balaban J connectivity index is 2.59. The summed E-state index contributed by atoms with van der Waals surface area (Å²) in [4.78, 5) is 14.3. The van der Waals surface area contributed by atoms with Crippen LogP contribution in [0.4, 0.5) is 4.39 Å². The maximum atomic E-state index is 13.5. The Kier molecular flexibility index (Phi) is 6.86. The molecule has 0 N–H and O–H groups in total. The van der Waals surface area contributed by atoms with Gasteiger partial charge in [-0.15, -0.1) is 0 Å². The van der Waals surface area contributed by atoms with Crippen LogP contribution in [0.3, 0.4) is 0 Å². The van der Waals surface area contributed by atoms with Crippen molar-refractivity contribution in [1.29, 1.82) is 0 Å². The zero-order chi connectivity index (χ0) is 15.1. The average molecular weight is 279 g/mol. The van der Waals surface area contributed by atoms with Gasteiger partial charge >= 0.3 is 0 Å². The number of nitrogens with zero attached hydrogens (tertiary/aromatic N) is 1. The van der Waals surface area contributed by atoms with E-state index in [2.05, 4.69) is 32.6 Å². The molecule has 0 radical (unpaired) electrons. The Bertz CT molecular complexity index is 419. The number of carbonyl (C=O) groups excluding carboxylic acids is 1. The van der Waals surface area contributed by atoms with Crippen molar-refractivity contribution in [2.24, 2.45) is 11.8 Å². The molecule has 0 spiro atoms. The lowest BCUT2D eigenvalue weighted by Crippen LogP contribution is -2.36. The minimum Gasteiger partial charge on any atom is -0.298 e. The van der Waals surface area contributed by atoms with Gasteiger partial charge in [-0.05, 0) is 23.5 Å². The lowest BCUT2D eigenvalue weighted by Gasteiger charge is -2.25. The fraction of sp³-hybridized carbons (Fsp3) is 0.588. The van der Waals surface area contributed by atoms with Crippen molar-refractivity contribution in [3.63, 3.8) is 0 Å². The number of rotatable bonds is 8. The highest BCUT2D eigenvalue weighted by Gasteiger charge is 2.15. The van der Waals surface area contributed by atoms with Crippen molar-refractivity contribution in [3.8, 4) is 0 Å². The molecule has 1 aromatic rings. The van der Waals surface area contributed by atoms with Crippen LogP contribution in [0, 0.1) is 17.7 Å². The van der Waals surface area contributed by atoms with E-state index < -0.39 is 0 Å². The van der Waals surface area contributed by atoms with Crippen molar-refractivity contribution >= 4 is 5.78 Å². The fourth-order valence-electron chi connectivity index (χ4n) is 2.40. The van der Waals surface area contributed by atoms with E-state index in [0.717, 1.165) is 13.1 Å². The van der Waals surface area contributed by atoms with Crippen molar-refractivity contribution in [3.05, 3.63) is 35.6 Å². The molecule has 0 bridgehead atoms. The average Bonchev–Trinajstić information content (AvgIpc) is 2.30. The minimum absolute atomic E-state index is 0.0800. The third-order valence-corrected chi connectivity index (χ3v) is 2.99. The van der Waals surface area contributed by atoms with Gasteiger partial charge in [0.15, 0.2) is 5.78 Å². The Morgan fingerprint density at radius 1 is 1.10 bits per heavy atom. The van der Waals surface area contributed by atoms with Crippen molar-refractivity contribution in [2.45, 2.75) is 34.1 Å². The summed E-state index contributed by atoms with van der Waals surface area (Å²) < 4.78 is 13.5. The molecule has 0 aromatic heterocycles. The number of hydrogen-bond donors (Lipinski definition) is 0. The van der Waals surface area contributed by atoms with Crippen molar-refractivity contribution < 1.29 is 9.18 Å². The molecular weight excluding hydrogens is 253 g/mol.